The lowest BCUT2D eigenvalue weighted by Crippen LogP contribution is -2.51. The molecule has 1 heterocycles. The molecule has 1 aliphatic heterocycles. The van der Waals surface area contributed by atoms with Gasteiger partial charge in [-0.1, -0.05) is 36.4 Å². The fraction of sp³-hybridized carbons (Fsp3) is 0.429. The third-order valence-electron chi connectivity index (χ3n) is 8.77. The lowest BCUT2D eigenvalue weighted by atomic mass is 9.67. The van der Waals surface area contributed by atoms with Gasteiger partial charge in [0.25, 0.3) is 0 Å². The molecule has 230 valence electrons. The number of phenolic OH excluding ortho intramolecular Hbond substituents is 2. The van der Waals surface area contributed by atoms with Gasteiger partial charge >= 0.3 is 0 Å². The summed E-state index contributed by atoms with van der Waals surface area (Å²) >= 11 is 0. The van der Waals surface area contributed by atoms with Crippen molar-refractivity contribution in [3.63, 3.8) is 0 Å². The van der Waals surface area contributed by atoms with E-state index in [1.807, 2.05) is 19.0 Å². The summed E-state index contributed by atoms with van der Waals surface area (Å²) in [5.74, 6) is -2.99. The Hall–Kier alpha value is -3.59. The minimum atomic E-state index is -0.910. The van der Waals surface area contributed by atoms with Gasteiger partial charge in [-0.15, -0.1) is 0 Å². The van der Waals surface area contributed by atoms with Crippen LogP contribution in [-0.4, -0.2) is 82.1 Å². The van der Waals surface area contributed by atoms with Crippen LogP contribution in [0.25, 0.3) is 0 Å². The molecule has 4 atom stereocenters. The van der Waals surface area contributed by atoms with Crippen LogP contribution in [0, 0.1) is 24.6 Å². The number of carbonyl (C=O) groups is 2. The van der Waals surface area contributed by atoms with Crippen LogP contribution in [0.3, 0.4) is 0 Å². The molecule has 8 heteroatoms. The summed E-state index contributed by atoms with van der Waals surface area (Å²) in [6.07, 6.45) is 1.42. The molecular weight excluding hydrogens is 547 g/mol. The summed E-state index contributed by atoms with van der Waals surface area (Å²) < 4.78 is 15.0. The number of likely N-dealkylation sites (N-methyl/N-ethyl adjacent to an activating group) is 1. The summed E-state index contributed by atoms with van der Waals surface area (Å²) in [5.41, 5.74) is 0.731. The molecule has 0 spiro atoms. The van der Waals surface area contributed by atoms with Crippen LogP contribution in [0.4, 0.5) is 4.39 Å². The molecule has 1 fully saturated rings. The molecule has 3 aromatic rings. The predicted molar refractivity (Wildman–Crippen MR) is 165 cm³/mol. The topological polar surface area (TPSA) is 101 Å². The molecule has 7 nitrogen and oxygen atoms in total. The first-order valence-corrected chi connectivity index (χ1v) is 14.8. The molecule has 0 amide bonds. The highest BCUT2D eigenvalue weighted by Crippen LogP contribution is 2.43. The number of ketones is 2. The number of phenols is 2. The standard InChI is InChI=1S/C35H43FN2O5/c1-22-27(14-8-15-30(22)36)32-28(33(41)23-10-6-12-25(39)18-23)20-38(17-9-16-31(37(4)5)35(2,3)43)21-29(32)34(42)24-11-7-13-26(40)19-24/h6-8,10-15,18-19,28-29,31-32,39-40,43H,9,16-17,20-21H2,1-5H3/t28-,29+,31-,32?/m0/s1. The van der Waals surface area contributed by atoms with Gasteiger partial charge in [-0.3, -0.25) is 9.59 Å². The maximum absolute atomic E-state index is 15.0. The second kappa shape index (κ2) is 13.4. The van der Waals surface area contributed by atoms with Crippen LogP contribution in [-0.2, 0) is 0 Å². The molecule has 0 saturated carbocycles. The number of hydrogen-bond acceptors (Lipinski definition) is 7. The normalized spacial score (nSPS) is 20.2. The van der Waals surface area contributed by atoms with Gasteiger partial charge in [0.1, 0.15) is 17.3 Å². The predicted octanol–water partition coefficient (Wildman–Crippen LogP) is 5.42. The number of halogens is 1. The fourth-order valence-corrected chi connectivity index (χ4v) is 6.73. The number of nitrogens with zero attached hydrogens (tertiary/aromatic N) is 2. The van der Waals surface area contributed by atoms with Crippen molar-refractivity contribution in [3.05, 3.63) is 94.8 Å². The van der Waals surface area contributed by atoms with Crippen LogP contribution in [0.15, 0.2) is 66.7 Å². The molecule has 0 aromatic heterocycles. The third kappa shape index (κ3) is 7.50. The van der Waals surface area contributed by atoms with E-state index in [2.05, 4.69) is 4.90 Å². The highest BCUT2D eigenvalue weighted by molar-refractivity contribution is 6.02. The monoisotopic (exact) mass is 590 g/mol. The molecule has 0 radical (unpaired) electrons. The fourth-order valence-electron chi connectivity index (χ4n) is 6.73. The second-order valence-electron chi connectivity index (χ2n) is 12.6. The number of likely N-dealkylation sites (tertiary alicyclic amines) is 1. The number of aromatic hydroxyl groups is 2. The Morgan fingerprint density at radius 1 is 0.930 bits per heavy atom. The van der Waals surface area contributed by atoms with E-state index in [0.29, 0.717) is 48.3 Å². The van der Waals surface area contributed by atoms with Crippen molar-refractivity contribution in [2.24, 2.45) is 11.8 Å². The van der Waals surface area contributed by atoms with E-state index >= 15 is 0 Å². The van der Waals surface area contributed by atoms with Crippen molar-refractivity contribution in [1.82, 2.24) is 9.80 Å². The van der Waals surface area contributed by atoms with Gasteiger partial charge in [0.2, 0.25) is 0 Å². The molecule has 43 heavy (non-hydrogen) atoms. The van der Waals surface area contributed by atoms with E-state index in [0.717, 1.165) is 6.42 Å². The third-order valence-corrected chi connectivity index (χ3v) is 8.77. The second-order valence-corrected chi connectivity index (χ2v) is 12.6. The molecule has 4 rings (SSSR count). The van der Waals surface area contributed by atoms with E-state index in [1.54, 1.807) is 57.2 Å². The minimum Gasteiger partial charge on any atom is -0.508 e. The van der Waals surface area contributed by atoms with E-state index < -0.39 is 29.2 Å². The van der Waals surface area contributed by atoms with Gasteiger partial charge in [-0.2, -0.15) is 0 Å². The first kappa shape index (κ1) is 32.3. The average Bonchev–Trinajstić information content (AvgIpc) is 2.95. The van der Waals surface area contributed by atoms with Gasteiger partial charge in [0.15, 0.2) is 11.6 Å². The Morgan fingerprint density at radius 3 is 1.91 bits per heavy atom. The van der Waals surface area contributed by atoms with Gasteiger partial charge in [0.05, 0.1) is 5.60 Å². The van der Waals surface area contributed by atoms with Crippen LogP contribution in [0.5, 0.6) is 11.5 Å². The maximum atomic E-state index is 15.0. The Bertz CT molecular complexity index is 1380. The molecule has 1 aliphatic rings. The summed E-state index contributed by atoms with van der Waals surface area (Å²) in [7, 11) is 3.87. The average molecular weight is 591 g/mol. The summed E-state index contributed by atoms with van der Waals surface area (Å²) in [4.78, 5) is 32.5. The molecule has 0 aliphatic carbocycles. The van der Waals surface area contributed by atoms with Crippen molar-refractivity contribution >= 4 is 11.6 Å². The van der Waals surface area contributed by atoms with Gasteiger partial charge in [-0.05, 0) is 95.7 Å². The highest BCUT2D eigenvalue weighted by Gasteiger charge is 2.45. The van der Waals surface area contributed by atoms with Crippen molar-refractivity contribution in [3.8, 4) is 11.5 Å². The van der Waals surface area contributed by atoms with E-state index in [4.69, 9.17) is 0 Å². The first-order chi connectivity index (χ1) is 20.3. The van der Waals surface area contributed by atoms with Crippen molar-refractivity contribution in [2.75, 3.05) is 33.7 Å². The lowest BCUT2D eigenvalue weighted by Gasteiger charge is -2.44. The van der Waals surface area contributed by atoms with Crippen LogP contribution >= 0.6 is 0 Å². The van der Waals surface area contributed by atoms with Gasteiger partial charge in [0, 0.05) is 48.0 Å². The zero-order chi connectivity index (χ0) is 31.5. The van der Waals surface area contributed by atoms with Gasteiger partial charge in [-0.25, -0.2) is 4.39 Å². The number of Topliss-reactive ketones (excluding diaryl/α,β-unsaturated/α-hetero) is 2. The quantitative estimate of drug-likeness (QED) is 0.256. The summed E-state index contributed by atoms with van der Waals surface area (Å²) in [5, 5.41) is 31.0. The number of benzene rings is 3. The van der Waals surface area contributed by atoms with Crippen molar-refractivity contribution in [1.29, 1.82) is 0 Å². The smallest absolute Gasteiger partial charge is 0.167 e. The van der Waals surface area contributed by atoms with E-state index in [1.165, 1.54) is 30.3 Å². The number of hydrogen-bond donors (Lipinski definition) is 3. The first-order valence-electron chi connectivity index (χ1n) is 14.8. The Morgan fingerprint density at radius 2 is 1.44 bits per heavy atom. The van der Waals surface area contributed by atoms with Crippen LogP contribution in [0.2, 0.25) is 0 Å². The zero-order valence-corrected chi connectivity index (χ0v) is 25.6. The van der Waals surface area contributed by atoms with Crippen LogP contribution < -0.4 is 0 Å². The number of aliphatic hydroxyl groups is 1. The van der Waals surface area contributed by atoms with E-state index in [9.17, 15) is 29.3 Å². The zero-order valence-electron chi connectivity index (χ0n) is 25.6. The molecule has 1 saturated heterocycles. The number of carbonyl (C=O) groups excluding carboxylic acids is 2. The lowest BCUT2D eigenvalue weighted by molar-refractivity contribution is -0.00794. The Labute approximate surface area is 253 Å². The van der Waals surface area contributed by atoms with Crippen molar-refractivity contribution < 1.29 is 29.3 Å². The van der Waals surface area contributed by atoms with E-state index in [-0.39, 0.29) is 29.1 Å². The highest BCUT2D eigenvalue weighted by atomic mass is 19.1. The Kier molecular flexibility index (Phi) is 10.1. The summed E-state index contributed by atoms with van der Waals surface area (Å²) in [6, 6.07) is 17.0. The number of piperidine rings is 1. The van der Waals surface area contributed by atoms with Crippen molar-refractivity contribution in [2.45, 2.75) is 51.2 Å². The minimum absolute atomic E-state index is 0.0364. The molecular formula is C35H43FN2O5. The largest absolute Gasteiger partial charge is 0.508 e. The summed E-state index contributed by atoms with van der Waals surface area (Å²) in [6.45, 7) is 6.52. The molecule has 0 bridgehead atoms. The SMILES string of the molecule is Cc1c(F)cccc1C1[C@@H](C(=O)c2cccc(O)c2)CN(CCC[C@H](N(C)C)C(C)(C)O)C[C@H]1C(=O)c1cccc(O)c1. The molecule has 3 N–H and O–H groups in total. The van der Waals surface area contributed by atoms with Gasteiger partial charge < -0.3 is 25.1 Å². The maximum Gasteiger partial charge on any atom is 0.167 e. The van der Waals surface area contributed by atoms with Crippen LogP contribution in [0.1, 0.15) is 64.4 Å². The molecule has 3 aromatic carbocycles. The molecule has 1 unspecified atom stereocenters. The number of rotatable bonds is 11. The Balaban J connectivity index is 1.77.